The first kappa shape index (κ1) is 19.4. The van der Waals surface area contributed by atoms with E-state index in [-0.39, 0.29) is 16.8 Å². The first-order chi connectivity index (χ1) is 14.0. The number of hydrogen-bond donors (Lipinski definition) is 0. The number of ether oxygens (including phenoxy) is 1. The van der Waals surface area contributed by atoms with Crippen LogP contribution in [-0.2, 0) is 0 Å². The topological polar surface area (TPSA) is 47.4 Å². The number of halogens is 3. The predicted molar refractivity (Wildman–Crippen MR) is 107 cm³/mol. The van der Waals surface area contributed by atoms with E-state index in [1.54, 1.807) is 7.11 Å². The molecule has 150 valence electrons. The van der Waals surface area contributed by atoms with Gasteiger partial charge in [0.1, 0.15) is 22.3 Å². The van der Waals surface area contributed by atoms with Gasteiger partial charge in [0, 0.05) is 12.6 Å². The molecule has 5 nitrogen and oxygen atoms in total. The first-order valence-corrected chi connectivity index (χ1v) is 9.51. The van der Waals surface area contributed by atoms with Crippen molar-refractivity contribution >= 4 is 17.3 Å². The van der Waals surface area contributed by atoms with E-state index in [0.717, 1.165) is 41.0 Å². The van der Waals surface area contributed by atoms with Crippen LogP contribution in [0.3, 0.4) is 0 Å². The Kier molecular flexibility index (Phi) is 5.24. The molecule has 0 spiro atoms. The van der Waals surface area contributed by atoms with Gasteiger partial charge in [0.15, 0.2) is 5.82 Å². The lowest BCUT2D eigenvalue weighted by Gasteiger charge is -2.28. The molecule has 1 saturated heterocycles. The highest BCUT2D eigenvalue weighted by Crippen LogP contribution is 2.38. The summed E-state index contributed by atoms with van der Waals surface area (Å²) >= 11 is 6.39. The molecular weight excluding hydrogens is 400 g/mol. The zero-order valence-corrected chi connectivity index (χ0v) is 16.4. The van der Waals surface area contributed by atoms with Gasteiger partial charge in [0.05, 0.1) is 25.0 Å². The lowest BCUT2D eigenvalue weighted by molar-refractivity contribution is 0.414. The third-order valence-electron chi connectivity index (χ3n) is 5.08. The second kappa shape index (κ2) is 7.83. The Hall–Kier alpha value is -2.93. The zero-order valence-electron chi connectivity index (χ0n) is 15.6. The Morgan fingerprint density at radius 2 is 2.00 bits per heavy atom. The molecule has 1 unspecified atom stereocenters. The lowest BCUT2D eigenvalue weighted by Crippen LogP contribution is -2.29. The van der Waals surface area contributed by atoms with Crippen LogP contribution in [0.4, 0.5) is 14.5 Å². The summed E-state index contributed by atoms with van der Waals surface area (Å²) in [5.74, 6) is -0.875. The van der Waals surface area contributed by atoms with Crippen LogP contribution in [0, 0.1) is 11.6 Å². The van der Waals surface area contributed by atoms with Crippen LogP contribution in [0.15, 0.2) is 53.5 Å². The van der Waals surface area contributed by atoms with E-state index in [9.17, 15) is 13.6 Å². The van der Waals surface area contributed by atoms with E-state index in [1.165, 1.54) is 6.20 Å². The smallest absolute Gasteiger partial charge is 0.292 e. The quantitative estimate of drug-likeness (QED) is 0.626. The Balaban J connectivity index is 1.73. The summed E-state index contributed by atoms with van der Waals surface area (Å²) in [6, 6.07) is 10.7. The van der Waals surface area contributed by atoms with Gasteiger partial charge in [-0.1, -0.05) is 23.7 Å². The fourth-order valence-electron chi connectivity index (χ4n) is 3.70. The summed E-state index contributed by atoms with van der Waals surface area (Å²) in [4.78, 5) is 14.8. The van der Waals surface area contributed by atoms with Crippen LogP contribution in [0.5, 0.6) is 5.75 Å². The van der Waals surface area contributed by atoms with Gasteiger partial charge in [-0.2, -0.15) is 9.78 Å². The predicted octanol–water partition coefficient (Wildman–Crippen LogP) is 4.51. The van der Waals surface area contributed by atoms with Crippen LogP contribution in [0.2, 0.25) is 5.02 Å². The average molecular weight is 418 g/mol. The molecule has 8 heteroatoms. The van der Waals surface area contributed by atoms with E-state index in [1.807, 2.05) is 29.2 Å². The largest absolute Gasteiger partial charge is 0.497 e. The highest BCUT2D eigenvalue weighted by Gasteiger charge is 2.29. The van der Waals surface area contributed by atoms with Gasteiger partial charge >= 0.3 is 0 Å². The minimum absolute atomic E-state index is 0.0159. The number of aromatic nitrogens is 2. The molecule has 0 saturated carbocycles. The average Bonchev–Trinajstić information content (AvgIpc) is 3.20. The van der Waals surface area contributed by atoms with Crippen molar-refractivity contribution in [3.05, 3.63) is 81.2 Å². The molecular formula is C21H18ClF2N3O2. The monoisotopic (exact) mass is 417 g/mol. The van der Waals surface area contributed by atoms with Crippen molar-refractivity contribution in [1.29, 1.82) is 0 Å². The van der Waals surface area contributed by atoms with Gasteiger partial charge in [0.25, 0.3) is 5.56 Å². The molecule has 1 aromatic heterocycles. The lowest BCUT2D eigenvalue weighted by atomic mass is 10.0. The molecule has 29 heavy (non-hydrogen) atoms. The summed E-state index contributed by atoms with van der Waals surface area (Å²) in [5, 5.41) is 4.04. The van der Waals surface area contributed by atoms with E-state index in [4.69, 9.17) is 16.3 Å². The molecule has 0 radical (unpaired) electrons. The fraction of sp³-hybridized carbons (Fsp3) is 0.238. The molecule has 1 atom stereocenters. The molecule has 0 aliphatic carbocycles. The van der Waals surface area contributed by atoms with Crippen LogP contribution in [0.1, 0.15) is 24.4 Å². The minimum atomic E-state index is -0.890. The maximum Gasteiger partial charge on any atom is 0.292 e. The molecule has 1 aliphatic rings. The molecule has 2 heterocycles. The maximum atomic E-state index is 14.1. The summed E-state index contributed by atoms with van der Waals surface area (Å²) < 4.78 is 33.4. The van der Waals surface area contributed by atoms with Crippen molar-refractivity contribution in [3.8, 4) is 11.4 Å². The molecule has 0 bridgehead atoms. The van der Waals surface area contributed by atoms with Gasteiger partial charge < -0.3 is 9.64 Å². The number of methoxy groups -OCH3 is 1. The number of rotatable bonds is 4. The van der Waals surface area contributed by atoms with Crippen molar-refractivity contribution in [2.24, 2.45) is 0 Å². The van der Waals surface area contributed by atoms with E-state index in [2.05, 4.69) is 5.10 Å². The third kappa shape index (κ3) is 3.58. The van der Waals surface area contributed by atoms with Crippen LogP contribution in [-0.4, -0.2) is 23.4 Å². The Morgan fingerprint density at radius 1 is 1.17 bits per heavy atom. The molecule has 4 rings (SSSR count). The number of benzene rings is 2. The van der Waals surface area contributed by atoms with Gasteiger partial charge in [-0.25, -0.2) is 8.78 Å². The Bertz CT molecular complexity index is 1120. The molecule has 1 fully saturated rings. The second-order valence-electron chi connectivity index (χ2n) is 6.78. The summed E-state index contributed by atoms with van der Waals surface area (Å²) in [5.41, 5.74) is 0.717. The summed E-state index contributed by atoms with van der Waals surface area (Å²) in [6.07, 6.45) is 3.26. The van der Waals surface area contributed by atoms with Gasteiger partial charge in [-0.15, -0.1) is 0 Å². The Morgan fingerprint density at radius 3 is 2.76 bits per heavy atom. The fourth-order valence-corrected chi connectivity index (χ4v) is 3.94. The summed E-state index contributed by atoms with van der Waals surface area (Å²) in [6.45, 7) is 0.706. The van der Waals surface area contributed by atoms with Gasteiger partial charge in [-0.05, 0) is 42.7 Å². The van der Waals surface area contributed by atoms with Crippen LogP contribution < -0.4 is 15.2 Å². The minimum Gasteiger partial charge on any atom is -0.497 e. The third-order valence-corrected chi connectivity index (χ3v) is 5.43. The van der Waals surface area contributed by atoms with E-state index < -0.39 is 17.2 Å². The van der Waals surface area contributed by atoms with Crippen molar-refractivity contribution < 1.29 is 13.5 Å². The second-order valence-corrected chi connectivity index (χ2v) is 7.16. The highest BCUT2D eigenvalue weighted by molar-refractivity contribution is 6.33. The van der Waals surface area contributed by atoms with E-state index in [0.29, 0.717) is 18.3 Å². The molecule has 0 amide bonds. The number of anilines is 1. The Labute approximate surface area is 171 Å². The molecule has 2 aromatic carbocycles. The van der Waals surface area contributed by atoms with Crippen molar-refractivity contribution in [3.63, 3.8) is 0 Å². The van der Waals surface area contributed by atoms with Crippen molar-refractivity contribution in [2.45, 2.75) is 18.9 Å². The van der Waals surface area contributed by atoms with Gasteiger partial charge in [0.2, 0.25) is 0 Å². The SMILES string of the molecule is COc1cccc(C2CCCN2c2cnn(-c3ccc(F)cc3F)c(=O)c2Cl)c1. The number of nitrogens with zero attached hydrogens (tertiary/aromatic N) is 3. The summed E-state index contributed by atoms with van der Waals surface area (Å²) in [7, 11) is 1.61. The standard InChI is InChI=1S/C21H18ClF2N3O2/c1-29-15-5-2-4-13(10-15)17-6-3-9-26(17)19-12-25-27(21(28)20(19)22)18-8-7-14(23)11-16(18)24/h2,4-5,7-8,10-12,17H,3,6,9H2,1H3. The molecule has 1 aliphatic heterocycles. The van der Waals surface area contributed by atoms with Crippen LogP contribution >= 0.6 is 11.6 Å². The normalized spacial score (nSPS) is 16.3. The highest BCUT2D eigenvalue weighted by atomic mass is 35.5. The zero-order chi connectivity index (χ0) is 20.5. The van der Waals surface area contributed by atoms with Crippen molar-refractivity contribution in [2.75, 3.05) is 18.6 Å². The first-order valence-electron chi connectivity index (χ1n) is 9.13. The molecule has 3 aromatic rings. The molecule has 0 N–H and O–H groups in total. The van der Waals surface area contributed by atoms with Gasteiger partial charge in [-0.3, -0.25) is 4.79 Å². The van der Waals surface area contributed by atoms with Crippen molar-refractivity contribution in [1.82, 2.24) is 9.78 Å². The number of hydrogen-bond acceptors (Lipinski definition) is 4. The van der Waals surface area contributed by atoms with E-state index >= 15 is 0 Å². The maximum absolute atomic E-state index is 14.1. The van der Waals surface area contributed by atoms with Crippen LogP contribution in [0.25, 0.3) is 5.69 Å².